The number of benzene rings is 3. The van der Waals surface area contributed by atoms with Crippen molar-refractivity contribution in [2.75, 3.05) is 21.7 Å². The van der Waals surface area contributed by atoms with Crippen LogP contribution >= 0.6 is 24.0 Å². The van der Waals surface area contributed by atoms with Gasteiger partial charge in [-0.05, 0) is 73.7 Å². The van der Waals surface area contributed by atoms with Gasteiger partial charge < -0.3 is 16.0 Å². The van der Waals surface area contributed by atoms with Crippen LogP contribution < -0.4 is 16.0 Å². The van der Waals surface area contributed by atoms with Gasteiger partial charge in [0.1, 0.15) is 5.82 Å². The van der Waals surface area contributed by atoms with Crippen molar-refractivity contribution in [3.8, 4) is 0 Å². The highest BCUT2D eigenvalue weighted by atomic mass is 32.2. The van der Waals surface area contributed by atoms with Crippen molar-refractivity contribution in [3.05, 3.63) is 84.2 Å². The maximum absolute atomic E-state index is 12.9. The molecule has 0 fully saturated rings. The summed E-state index contributed by atoms with van der Waals surface area (Å²) in [5.74, 6) is -0.250. The number of anilines is 3. The number of aryl methyl sites for hydroxylation is 1. The molecule has 0 atom stereocenters. The first kappa shape index (κ1) is 20.8. The molecule has 0 spiro atoms. The van der Waals surface area contributed by atoms with Gasteiger partial charge in [-0.1, -0.05) is 23.8 Å². The molecule has 0 aliphatic carbocycles. The average molecular weight is 426 g/mol. The number of hydrogen-bond acceptors (Lipinski definition) is 3. The van der Waals surface area contributed by atoms with E-state index >= 15 is 0 Å². The van der Waals surface area contributed by atoms with Gasteiger partial charge >= 0.3 is 0 Å². The Bertz CT molecular complexity index is 992. The van der Waals surface area contributed by atoms with Crippen LogP contribution in [0.5, 0.6) is 0 Å². The summed E-state index contributed by atoms with van der Waals surface area (Å²) in [6.45, 7) is 2.03. The lowest BCUT2D eigenvalue weighted by Gasteiger charge is -2.12. The van der Waals surface area contributed by atoms with Crippen molar-refractivity contribution in [2.45, 2.75) is 11.8 Å². The lowest BCUT2D eigenvalue weighted by atomic mass is 10.2. The minimum Gasteiger partial charge on any atom is -0.332 e. The molecule has 1 amide bonds. The molecular formula is C22H20FN3OS2. The Labute approximate surface area is 178 Å². The fourth-order valence-corrected chi connectivity index (χ4v) is 3.46. The summed E-state index contributed by atoms with van der Waals surface area (Å²) in [4.78, 5) is 13.0. The van der Waals surface area contributed by atoms with Gasteiger partial charge in [-0.3, -0.25) is 4.79 Å². The van der Waals surface area contributed by atoms with Crippen LogP contribution in [0, 0.1) is 12.7 Å². The van der Waals surface area contributed by atoms with Gasteiger partial charge in [0, 0.05) is 22.0 Å². The number of halogens is 1. The highest BCUT2D eigenvalue weighted by Crippen LogP contribution is 2.22. The van der Waals surface area contributed by atoms with E-state index in [1.165, 1.54) is 41.6 Å². The summed E-state index contributed by atoms with van der Waals surface area (Å²) < 4.78 is 12.9. The smallest absolute Gasteiger partial charge is 0.234 e. The van der Waals surface area contributed by atoms with Gasteiger partial charge in [0.2, 0.25) is 5.91 Å². The zero-order chi connectivity index (χ0) is 20.6. The van der Waals surface area contributed by atoms with E-state index in [1.54, 1.807) is 0 Å². The Morgan fingerprint density at radius 1 is 0.897 bits per heavy atom. The summed E-state index contributed by atoms with van der Waals surface area (Å²) >= 11 is 6.77. The van der Waals surface area contributed by atoms with Crippen molar-refractivity contribution in [2.24, 2.45) is 0 Å². The lowest BCUT2D eigenvalue weighted by Crippen LogP contribution is -2.19. The Hall–Kier alpha value is -2.90. The van der Waals surface area contributed by atoms with E-state index in [1.807, 2.05) is 55.5 Å². The van der Waals surface area contributed by atoms with Gasteiger partial charge in [0.25, 0.3) is 0 Å². The molecule has 3 aromatic carbocycles. The van der Waals surface area contributed by atoms with Gasteiger partial charge in [0.15, 0.2) is 5.11 Å². The largest absolute Gasteiger partial charge is 0.332 e. The summed E-state index contributed by atoms with van der Waals surface area (Å²) in [5, 5.41) is 9.53. The highest BCUT2D eigenvalue weighted by molar-refractivity contribution is 8.00. The second-order valence-corrected chi connectivity index (χ2v) is 7.77. The molecule has 3 N–H and O–H groups in total. The number of carbonyl (C=O) groups excluding carboxylic acids is 1. The van der Waals surface area contributed by atoms with Crippen LogP contribution in [-0.4, -0.2) is 16.8 Å². The van der Waals surface area contributed by atoms with Crippen LogP contribution in [0.4, 0.5) is 21.5 Å². The van der Waals surface area contributed by atoms with Gasteiger partial charge in [-0.2, -0.15) is 0 Å². The highest BCUT2D eigenvalue weighted by Gasteiger charge is 2.06. The molecule has 0 bridgehead atoms. The zero-order valence-electron chi connectivity index (χ0n) is 15.7. The molecule has 0 heterocycles. The van der Waals surface area contributed by atoms with Crippen LogP contribution in [0.1, 0.15) is 5.56 Å². The van der Waals surface area contributed by atoms with E-state index in [0.717, 1.165) is 16.3 Å². The number of thiocarbonyl (C=S) groups is 1. The van der Waals surface area contributed by atoms with Crippen molar-refractivity contribution in [3.63, 3.8) is 0 Å². The van der Waals surface area contributed by atoms with E-state index in [-0.39, 0.29) is 17.5 Å². The van der Waals surface area contributed by atoms with Crippen LogP contribution in [0.25, 0.3) is 0 Å². The normalized spacial score (nSPS) is 10.3. The monoisotopic (exact) mass is 425 g/mol. The molecule has 0 saturated heterocycles. The molecule has 0 aliphatic heterocycles. The number of hydrogen-bond donors (Lipinski definition) is 3. The second kappa shape index (κ2) is 10.0. The Morgan fingerprint density at radius 3 is 2.24 bits per heavy atom. The third kappa shape index (κ3) is 6.89. The Kier molecular flexibility index (Phi) is 7.21. The minimum absolute atomic E-state index is 0.156. The minimum atomic E-state index is -0.337. The van der Waals surface area contributed by atoms with Crippen LogP contribution in [0.15, 0.2) is 77.7 Å². The SMILES string of the molecule is Cc1ccc(NC(=S)Nc2cccc(SCC(=O)Nc3ccc(F)cc3)c2)cc1. The third-order valence-corrected chi connectivity index (χ3v) is 5.10. The molecule has 0 aliphatic rings. The molecule has 0 saturated carbocycles. The maximum Gasteiger partial charge on any atom is 0.234 e. The molecule has 0 unspecified atom stereocenters. The van der Waals surface area contributed by atoms with Gasteiger partial charge in [-0.25, -0.2) is 4.39 Å². The van der Waals surface area contributed by atoms with Crippen molar-refractivity contribution in [1.82, 2.24) is 0 Å². The standard InChI is InChI=1S/C22H20FN3OS2/c1-15-5-9-18(10-6-15)25-22(28)26-19-3-2-4-20(13-19)29-14-21(27)24-17-11-7-16(23)8-12-17/h2-13H,14H2,1H3,(H,24,27)(H2,25,26,28). The number of rotatable bonds is 6. The third-order valence-electron chi connectivity index (χ3n) is 3.90. The van der Waals surface area contributed by atoms with E-state index in [9.17, 15) is 9.18 Å². The van der Waals surface area contributed by atoms with Crippen LogP contribution in [-0.2, 0) is 4.79 Å². The summed E-state index contributed by atoms with van der Waals surface area (Å²) in [6.07, 6.45) is 0. The van der Waals surface area contributed by atoms with Gasteiger partial charge in [-0.15, -0.1) is 11.8 Å². The fourth-order valence-electron chi connectivity index (χ4n) is 2.47. The first-order valence-corrected chi connectivity index (χ1v) is 10.3. The fraction of sp³-hybridized carbons (Fsp3) is 0.0909. The number of thioether (sulfide) groups is 1. The molecule has 0 aromatic heterocycles. The molecule has 0 radical (unpaired) electrons. The molecule has 7 heteroatoms. The first-order chi connectivity index (χ1) is 14.0. The molecule has 4 nitrogen and oxygen atoms in total. The van der Waals surface area contributed by atoms with Crippen molar-refractivity contribution in [1.29, 1.82) is 0 Å². The van der Waals surface area contributed by atoms with E-state index < -0.39 is 0 Å². The van der Waals surface area contributed by atoms with Crippen molar-refractivity contribution < 1.29 is 9.18 Å². The zero-order valence-corrected chi connectivity index (χ0v) is 17.4. The van der Waals surface area contributed by atoms with E-state index in [2.05, 4.69) is 16.0 Å². The average Bonchev–Trinajstić information content (AvgIpc) is 2.70. The van der Waals surface area contributed by atoms with Crippen molar-refractivity contribution >= 4 is 52.1 Å². The maximum atomic E-state index is 12.9. The topological polar surface area (TPSA) is 53.2 Å². The quantitative estimate of drug-likeness (QED) is 0.351. The number of amides is 1. The number of nitrogens with one attached hydrogen (secondary N) is 3. The van der Waals surface area contributed by atoms with E-state index in [0.29, 0.717) is 10.8 Å². The summed E-state index contributed by atoms with van der Waals surface area (Å²) in [6, 6.07) is 21.3. The molecular weight excluding hydrogens is 405 g/mol. The molecule has 3 rings (SSSR count). The second-order valence-electron chi connectivity index (χ2n) is 6.32. The molecule has 29 heavy (non-hydrogen) atoms. The summed E-state index contributed by atoms with van der Waals surface area (Å²) in [7, 11) is 0. The van der Waals surface area contributed by atoms with E-state index in [4.69, 9.17) is 12.2 Å². The predicted molar refractivity (Wildman–Crippen MR) is 123 cm³/mol. The molecule has 148 valence electrons. The van der Waals surface area contributed by atoms with Crippen LogP contribution in [0.3, 0.4) is 0 Å². The Balaban J connectivity index is 1.50. The summed E-state index contributed by atoms with van der Waals surface area (Å²) in [5.41, 5.74) is 3.50. The Morgan fingerprint density at radius 2 is 1.52 bits per heavy atom. The predicted octanol–water partition coefficient (Wildman–Crippen LogP) is 5.67. The number of carbonyl (C=O) groups is 1. The first-order valence-electron chi connectivity index (χ1n) is 8.91. The van der Waals surface area contributed by atoms with Crippen LogP contribution in [0.2, 0.25) is 0 Å². The lowest BCUT2D eigenvalue weighted by molar-refractivity contribution is -0.113. The molecule has 3 aromatic rings. The van der Waals surface area contributed by atoms with Gasteiger partial charge in [0.05, 0.1) is 5.75 Å².